The first-order chi connectivity index (χ1) is 14.0. The van der Waals surface area contributed by atoms with Crippen LogP contribution in [0.15, 0.2) is 36.4 Å². The third-order valence-corrected chi connectivity index (χ3v) is 4.07. The van der Waals surface area contributed by atoms with Gasteiger partial charge in [-0.2, -0.15) is 13.2 Å². The van der Waals surface area contributed by atoms with Crippen molar-refractivity contribution in [1.29, 1.82) is 0 Å². The van der Waals surface area contributed by atoms with Crippen LogP contribution in [-0.2, 0) is 15.7 Å². The summed E-state index contributed by atoms with van der Waals surface area (Å²) < 4.78 is 48.5. The van der Waals surface area contributed by atoms with E-state index in [2.05, 4.69) is 0 Å². The highest BCUT2D eigenvalue weighted by Gasteiger charge is 2.31. The molecule has 0 bridgehead atoms. The molecule has 0 saturated heterocycles. The Bertz CT molecular complexity index is 977. The summed E-state index contributed by atoms with van der Waals surface area (Å²) in [7, 11) is 0. The van der Waals surface area contributed by atoms with Gasteiger partial charge in [-0.3, -0.25) is 10.1 Å². The van der Waals surface area contributed by atoms with E-state index in [0.29, 0.717) is 6.07 Å². The van der Waals surface area contributed by atoms with Crippen LogP contribution in [0, 0.1) is 10.1 Å². The van der Waals surface area contributed by atoms with Crippen molar-refractivity contribution >= 4 is 29.0 Å². The molecule has 0 radical (unpaired) electrons. The van der Waals surface area contributed by atoms with Crippen molar-refractivity contribution in [2.24, 2.45) is 0 Å². The number of ether oxygens (including phenoxy) is 2. The Labute approximate surface area is 173 Å². The predicted molar refractivity (Wildman–Crippen MR) is 99.8 cm³/mol. The molecule has 2 aromatic rings. The smallest absolute Gasteiger partial charge is 0.416 e. The number of carbonyl (C=O) groups excluding carboxylic acids is 2. The molecule has 0 amide bonds. The molecule has 160 valence electrons. The second kappa shape index (κ2) is 9.57. The van der Waals surface area contributed by atoms with E-state index in [1.54, 1.807) is 0 Å². The van der Waals surface area contributed by atoms with Gasteiger partial charge in [-0.05, 0) is 37.6 Å². The summed E-state index contributed by atoms with van der Waals surface area (Å²) in [5.74, 6) is -1.31. The molecule has 7 nitrogen and oxygen atoms in total. The number of nitrogens with zero attached hydrogens (tertiary/aromatic N) is 1. The number of alkyl halides is 3. The normalized spacial score (nSPS) is 11.1. The van der Waals surface area contributed by atoms with Crippen molar-refractivity contribution in [3.63, 3.8) is 0 Å². The highest BCUT2D eigenvalue weighted by molar-refractivity contribution is 6.32. The molecule has 0 N–H and O–H groups in total. The number of esters is 1. The van der Waals surface area contributed by atoms with Gasteiger partial charge < -0.3 is 14.3 Å². The third kappa shape index (κ3) is 6.18. The Morgan fingerprint density at radius 1 is 1.17 bits per heavy atom. The number of Topliss-reactive ketones (excluding diaryl/α,β-unsaturated/α-hetero) is 1. The van der Waals surface area contributed by atoms with Crippen LogP contribution in [0.2, 0.25) is 5.02 Å². The molecule has 11 heteroatoms. The average molecular weight is 446 g/mol. The number of nitro groups is 1. The number of rotatable bonds is 8. The lowest BCUT2D eigenvalue weighted by molar-refractivity contribution is -0.385. The molecule has 0 atom stereocenters. The van der Waals surface area contributed by atoms with Crippen molar-refractivity contribution in [3.05, 3.63) is 62.7 Å². The molecule has 0 fully saturated rings. The van der Waals surface area contributed by atoms with Gasteiger partial charge in [-0.15, -0.1) is 0 Å². The largest absolute Gasteiger partial charge is 0.462 e. The Morgan fingerprint density at radius 3 is 2.43 bits per heavy atom. The molecule has 0 aliphatic heterocycles. The molecule has 0 aromatic heterocycles. The number of benzene rings is 2. The molecular weight excluding hydrogens is 431 g/mol. The first-order valence-corrected chi connectivity index (χ1v) is 8.86. The fraction of sp³-hybridized carbons (Fsp3) is 0.263. The van der Waals surface area contributed by atoms with Crippen molar-refractivity contribution in [3.8, 4) is 11.5 Å². The zero-order valence-corrected chi connectivity index (χ0v) is 16.2. The van der Waals surface area contributed by atoms with E-state index in [4.69, 9.17) is 21.1 Å². The minimum atomic E-state index is -4.59. The fourth-order valence-electron chi connectivity index (χ4n) is 2.35. The standard InChI is InChI=1S/C19H15ClF3NO6/c1-11(25)3-2-8-29-18(26)14-10-13(5-6-16(14)24(27)28)30-17-7-4-12(9-15(17)20)19(21,22)23/h4-7,9-10H,2-3,8H2,1H3. The SMILES string of the molecule is CC(=O)CCCOC(=O)c1cc(Oc2ccc(C(F)(F)F)cc2Cl)ccc1[N+](=O)[O-]. The summed E-state index contributed by atoms with van der Waals surface area (Å²) in [5.41, 5.74) is -1.93. The quantitative estimate of drug-likeness (QED) is 0.227. The van der Waals surface area contributed by atoms with E-state index in [-0.39, 0.29) is 41.8 Å². The topological polar surface area (TPSA) is 95.7 Å². The second-order valence-electron chi connectivity index (χ2n) is 6.12. The van der Waals surface area contributed by atoms with Crippen LogP contribution in [-0.4, -0.2) is 23.3 Å². The van der Waals surface area contributed by atoms with Gasteiger partial charge in [0, 0.05) is 18.6 Å². The third-order valence-electron chi connectivity index (χ3n) is 3.78. The number of nitro benzene ring substituents is 1. The summed E-state index contributed by atoms with van der Waals surface area (Å²) in [4.78, 5) is 33.5. The van der Waals surface area contributed by atoms with Crippen LogP contribution < -0.4 is 4.74 Å². The Hall–Kier alpha value is -3.14. The minimum absolute atomic E-state index is 0.0713. The number of hydrogen-bond donors (Lipinski definition) is 0. The van der Waals surface area contributed by atoms with E-state index in [1.807, 2.05) is 0 Å². The lowest BCUT2D eigenvalue weighted by atomic mass is 10.1. The number of ketones is 1. The fourth-order valence-corrected chi connectivity index (χ4v) is 2.57. The zero-order chi connectivity index (χ0) is 22.5. The van der Waals surface area contributed by atoms with Gasteiger partial charge in [-0.25, -0.2) is 4.79 Å². The van der Waals surface area contributed by atoms with Gasteiger partial charge in [0.15, 0.2) is 0 Å². The summed E-state index contributed by atoms with van der Waals surface area (Å²) in [6.45, 7) is 1.26. The first-order valence-electron chi connectivity index (χ1n) is 8.48. The zero-order valence-electron chi connectivity index (χ0n) is 15.5. The predicted octanol–water partition coefficient (Wildman–Crippen LogP) is 5.59. The number of hydrogen-bond acceptors (Lipinski definition) is 6. The Balaban J connectivity index is 2.24. The monoisotopic (exact) mass is 445 g/mol. The van der Waals surface area contributed by atoms with Gasteiger partial charge in [0.2, 0.25) is 0 Å². The lowest BCUT2D eigenvalue weighted by Crippen LogP contribution is -2.10. The van der Waals surface area contributed by atoms with Crippen molar-refractivity contribution in [2.75, 3.05) is 6.61 Å². The van der Waals surface area contributed by atoms with Crippen LogP contribution in [0.5, 0.6) is 11.5 Å². The Kier molecular flexibility index (Phi) is 7.38. The van der Waals surface area contributed by atoms with Crippen LogP contribution in [0.25, 0.3) is 0 Å². The molecule has 2 aromatic carbocycles. The van der Waals surface area contributed by atoms with E-state index >= 15 is 0 Å². The summed E-state index contributed by atoms with van der Waals surface area (Å²) in [6, 6.07) is 5.62. The van der Waals surface area contributed by atoms with Crippen LogP contribution in [0.3, 0.4) is 0 Å². The van der Waals surface area contributed by atoms with Crippen LogP contribution >= 0.6 is 11.6 Å². The molecule has 0 saturated carbocycles. The summed E-state index contributed by atoms with van der Waals surface area (Å²) in [6.07, 6.45) is -4.15. The van der Waals surface area contributed by atoms with Gasteiger partial charge in [0.1, 0.15) is 22.8 Å². The van der Waals surface area contributed by atoms with Crippen molar-refractivity contribution in [1.82, 2.24) is 0 Å². The molecular formula is C19H15ClF3NO6. The van der Waals surface area contributed by atoms with Crippen LogP contribution in [0.4, 0.5) is 18.9 Å². The highest BCUT2D eigenvalue weighted by atomic mass is 35.5. The highest BCUT2D eigenvalue weighted by Crippen LogP contribution is 2.37. The molecule has 0 spiro atoms. The van der Waals surface area contributed by atoms with Gasteiger partial charge in [0.05, 0.1) is 22.1 Å². The van der Waals surface area contributed by atoms with E-state index < -0.39 is 33.9 Å². The minimum Gasteiger partial charge on any atom is -0.462 e. The van der Waals surface area contributed by atoms with Gasteiger partial charge >= 0.3 is 12.1 Å². The maximum atomic E-state index is 12.7. The van der Waals surface area contributed by atoms with E-state index in [0.717, 1.165) is 24.3 Å². The summed E-state index contributed by atoms with van der Waals surface area (Å²) in [5, 5.41) is 10.8. The number of halogens is 4. The second-order valence-corrected chi connectivity index (χ2v) is 6.53. The molecule has 30 heavy (non-hydrogen) atoms. The van der Waals surface area contributed by atoms with Gasteiger partial charge in [0.25, 0.3) is 5.69 Å². The summed E-state index contributed by atoms with van der Waals surface area (Å²) >= 11 is 5.83. The first kappa shape index (κ1) is 23.1. The molecule has 0 unspecified atom stereocenters. The molecule has 0 heterocycles. The molecule has 0 aliphatic carbocycles. The van der Waals surface area contributed by atoms with E-state index in [9.17, 15) is 32.9 Å². The van der Waals surface area contributed by atoms with Crippen molar-refractivity contribution in [2.45, 2.75) is 25.9 Å². The maximum Gasteiger partial charge on any atom is 0.416 e. The van der Waals surface area contributed by atoms with E-state index in [1.165, 1.54) is 13.0 Å². The average Bonchev–Trinajstić information content (AvgIpc) is 2.65. The molecule has 2 rings (SSSR count). The van der Waals surface area contributed by atoms with Gasteiger partial charge in [-0.1, -0.05) is 11.6 Å². The lowest BCUT2D eigenvalue weighted by Gasteiger charge is -2.12. The maximum absolute atomic E-state index is 12.7. The Morgan fingerprint density at radius 2 is 1.87 bits per heavy atom. The molecule has 0 aliphatic rings. The number of carbonyl (C=O) groups is 2. The van der Waals surface area contributed by atoms with Crippen molar-refractivity contribution < 1.29 is 37.2 Å². The van der Waals surface area contributed by atoms with Crippen LogP contribution in [0.1, 0.15) is 35.7 Å².